The molecular formula is C16H20N2O2. The van der Waals surface area contributed by atoms with E-state index < -0.39 is 0 Å². The molecule has 1 atom stereocenters. The van der Waals surface area contributed by atoms with Crippen molar-refractivity contribution in [2.24, 2.45) is 5.92 Å². The number of hydrogen-bond acceptors (Lipinski definition) is 3. The predicted octanol–water partition coefficient (Wildman–Crippen LogP) is 2.47. The number of nitrogens with one attached hydrogen (secondary N) is 2. The van der Waals surface area contributed by atoms with Crippen molar-refractivity contribution in [1.29, 1.82) is 0 Å². The molecule has 0 radical (unpaired) electrons. The van der Waals surface area contributed by atoms with Crippen LogP contribution in [0.2, 0.25) is 0 Å². The Morgan fingerprint density at radius 1 is 1.45 bits per heavy atom. The molecule has 4 nitrogen and oxygen atoms in total. The van der Waals surface area contributed by atoms with Gasteiger partial charge in [-0.2, -0.15) is 0 Å². The van der Waals surface area contributed by atoms with Crippen LogP contribution in [-0.2, 0) is 0 Å². The lowest BCUT2D eigenvalue weighted by Crippen LogP contribution is -2.38. The first-order valence-electron chi connectivity index (χ1n) is 7.21. The van der Waals surface area contributed by atoms with Crippen molar-refractivity contribution in [2.45, 2.75) is 19.8 Å². The lowest BCUT2D eigenvalue weighted by atomic mass is 10.00. The van der Waals surface area contributed by atoms with E-state index in [4.69, 9.17) is 4.42 Å². The maximum Gasteiger partial charge on any atom is 0.287 e. The Kier molecular flexibility index (Phi) is 3.74. The second-order valence-corrected chi connectivity index (χ2v) is 5.57. The normalized spacial score (nSPS) is 19.1. The number of amides is 1. The number of furan rings is 1. The van der Waals surface area contributed by atoms with Gasteiger partial charge in [-0.05, 0) is 57.0 Å². The molecule has 0 spiro atoms. The van der Waals surface area contributed by atoms with Gasteiger partial charge >= 0.3 is 0 Å². The van der Waals surface area contributed by atoms with Crippen molar-refractivity contribution in [2.75, 3.05) is 19.6 Å². The first-order chi connectivity index (χ1) is 9.72. The van der Waals surface area contributed by atoms with Crippen molar-refractivity contribution in [1.82, 2.24) is 10.6 Å². The first kappa shape index (κ1) is 13.2. The van der Waals surface area contributed by atoms with Gasteiger partial charge in [-0.25, -0.2) is 0 Å². The van der Waals surface area contributed by atoms with Gasteiger partial charge in [-0.15, -0.1) is 0 Å². The van der Waals surface area contributed by atoms with Crippen LogP contribution in [0.5, 0.6) is 0 Å². The summed E-state index contributed by atoms with van der Waals surface area (Å²) in [5, 5.41) is 7.30. The molecule has 2 heterocycles. The Morgan fingerprint density at radius 3 is 3.15 bits per heavy atom. The summed E-state index contributed by atoms with van der Waals surface area (Å²) in [5.41, 5.74) is 1.93. The van der Waals surface area contributed by atoms with Crippen LogP contribution < -0.4 is 10.6 Å². The molecule has 2 N–H and O–H groups in total. The van der Waals surface area contributed by atoms with Crippen LogP contribution in [0.3, 0.4) is 0 Å². The predicted molar refractivity (Wildman–Crippen MR) is 78.9 cm³/mol. The lowest BCUT2D eigenvalue weighted by molar-refractivity contribution is 0.0919. The van der Waals surface area contributed by atoms with E-state index >= 15 is 0 Å². The molecule has 20 heavy (non-hydrogen) atoms. The standard InChI is InChI=1S/C16H20N2O2/c1-11-4-5-14-13(7-11)8-15(20-14)16(19)18-10-12-3-2-6-17-9-12/h4-5,7-8,12,17H,2-3,6,9-10H2,1H3,(H,18,19). The maximum atomic E-state index is 12.1. The summed E-state index contributed by atoms with van der Waals surface area (Å²) in [4.78, 5) is 12.1. The molecular weight excluding hydrogens is 252 g/mol. The topological polar surface area (TPSA) is 54.3 Å². The molecule has 0 aliphatic carbocycles. The van der Waals surface area contributed by atoms with Gasteiger partial charge in [0.15, 0.2) is 5.76 Å². The highest BCUT2D eigenvalue weighted by molar-refractivity contribution is 5.96. The smallest absolute Gasteiger partial charge is 0.287 e. The Hall–Kier alpha value is -1.81. The van der Waals surface area contributed by atoms with Gasteiger partial charge in [-0.3, -0.25) is 4.79 Å². The van der Waals surface area contributed by atoms with Gasteiger partial charge in [0.25, 0.3) is 5.91 Å². The third-order valence-electron chi connectivity index (χ3n) is 3.85. The molecule has 2 aromatic rings. The Bertz CT molecular complexity index is 612. The van der Waals surface area contributed by atoms with Crippen LogP contribution in [-0.4, -0.2) is 25.5 Å². The quantitative estimate of drug-likeness (QED) is 0.902. The summed E-state index contributed by atoms with van der Waals surface area (Å²) in [7, 11) is 0. The highest BCUT2D eigenvalue weighted by Gasteiger charge is 2.16. The lowest BCUT2D eigenvalue weighted by Gasteiger charge is -2.22. The second kappa shape index (κ2) is 5.67. The van der Waals surface area contributed by atoms with Crippen LogP contribution in [0.1, 0.15) is 29.0 Å². The molecule has 1 aliphatic rings. The third-order valence-corrected chi connectivity index (χ3v) is 3.85. The molecule has 1 unspecified atom stereocenters. The average Bonchev–Trinajstić information content (AvgIpc) is 2.89. The average molecular weight is 272 g/mol. The zero-order valence-corrected chi connectivity index (χ0v) is 11.7. The van der Waals surface area contributed by atoms with E-state index in [1.165, 1.54) is 18.4 Å². The van der Waals surface area contributed by atoms with E-state index in [0.717, 1.165) is 24.1 Å². The van der Waals surface area contributed by atoms with Crippen LogP contribution >= 0.6 is 0 Å². The van der Waals surface area contributed by atoms with Gasteiger partial charge in [-0.1, -0.05) is 11.6 Å². The summed E-state index contributed by atoms with van der Waals surface area (Å²) >= 11 is 0. The minimum absolute atomic E-state index is 0.121. The fourth-order valence-corrected chi connectivity index (χ4v) is 2.70. The summed E-state index contributed by atoms with van der Waals surface area (Å²) in [6, 6.07) is 7.74. The summed E-state index contributed by atoms with van der Waals surface area (Å²) in [5.74, 6) is 0.804. The van der Waals surface area contributed by atoms with E-state index in [0.29, 0.717) is 18.2 Å². The Balaban J connectivity index is 1.65. The molecule has 3 rings (SSSR count). The number of rotatable bonds is 3. The fourth-order valence-electron chi connectivity index (χ4n) is 2.70. The van der Waals surface area contributed by atoms with Crippen molar-refractivity contribution in [3.63, 3.8) is 0 Å². The van der Waals surface area contributed by atoms with Crippen LogP contribution in [0.15, 0.2) is 28.7 Å². The van der Waals surface area contributed by atoms with Gasteiger partial charge in [0.2, 0.25) is 0 Å². The fraction of sp³-hybridized carbons (Fsp3) is 0.438. The molecule has 0 bridgehead atoms. The van der Waals surface area contributed by atoms with E-state index in [-0.39, 0.29) is 5.91 Å². The number of carbonyl (C=O) groups is 1. The number of piperidine rings is 1. The molecule has 106 valence electrons. The summed E-state index contributed by atoms with van der Waals surface area (Å²) in [6.07, 6.45) is 2.36. The van der Waals surface area contributed by atoms with Gasteiger partial charge in [0.1, 0.15) is 5.58 Å². The van der Waals surface area contributed by atoms with Gasteiger partial charge < -0.3 is 15.1 Å². The van der Waals surface area contributed by atoms with Crippen molar-refractivity contribution >= 4 is 16.9 Å². The van der Waals surface area contributed by atoms with Crippen molar-refractivity contribution < 1.29 is 9.21 Å². The van der Waals surface area contributed by atoms with Gasteiger partial charge in [0.05, 0.1) is 0 Å². The highest BCUT2D eigenvalue weighted by Crippen LogP contribution is 2.20. The zero-order valence-electron chi connectivity index (χ0n) is 11.7. The number of hydrogen-bond donors (Lipinski definition) is 2. The highest BCUT2D eigenvalue weighted by atomic mass is 16.3. The van der Waals surface area contributed by atoms with Crippen LogP contribution in [0.4, 0.5) is 0 Å². The Morgan fingerprint density at radius 2 is 2.35 bits per heavy atom. The number of carbonyl (C=O) groups excluding carboxylic acids is 1. The molecule has 1 amide bonds. The van der Waals surface area contributed by atoms with E-state index in [2.05, 4.69) is 10.6 Å². The van der Waals surface area contributed by atoms with Crippen molar-refractivity contribution in [3.8, 4) is 0 Å². The van der Waals surface area contributed by atoms with Crippen LogP contribution in [0.25, 0.3) is 11.0 Å². The summed E-state index contributed by atoms with van der Waals surface area (Å²) < 4.78 is 5.60. The largest absolute Gasteiger partial charge is 0.451 e. The molecule has 1 fully saturated rings. The molecule has 0 saturated carbocycles. The number of fused-ring (bicyclic) bond motifs is 1. The zero-order chi connectivity index (χ0) is 13.9. The molecule has 1 aliphatic heterocycles. The minimum Gasteiger partial charge on any atom is -0.451 e. The first-order valence-corrected chi connectivity index (χ1v) is 7.21. The van der Waals surface area contributed by atoms with Gasteiger partial charge in [0, 0.05) is 11.9 Å². The van der Waals surface area contributed by atoms with Crippen LogP contribution in [0, 0.1) is 12.8 Å². The molecule has 4 heteroatoms. The third kappa shape index (κ3) is 2.85. The van der Waals surface area contributed by atoms with E-state index in [1.807, 2.05) is 31.2 Å². The Labute approximate surface area is 118 Å². The van der Waals surface area contributed by atoms with E-state index in [1.54, 1.807) is 0 Å². The summed E-state index contributed by atoms with van der Waals surface area (Å²) in [6.45, 7) is 4.82. The number of benzene rings is 1. The molecule has 1 saturated heterocycles. The van der Waals surface area contributed by atoms with Crippen molar-refractivity contribution in [3.05, 3.63) is 35.6 Å². The second-order valence-electron chi connectivity index (χ2n) is 5.57. The monoisotopic (exact) mass is 272 g/mol. The SMILES string of the molecule is Cc1ccc2oc(C(=O)NCC3CCCNC3)cc2c1. The minimum atomic E-state index is -0.121. The molecule has 1 aromatic heterocycles. The maximum absolute atomic E-state index is 12.1. The number of aryl methyl sites for hydroxylation is 1. The molecule has 1 aromatic carbocycles. The van der Waals surface area contributed by atoms with E-state index in [9.17, 15) is 4.79 Å².